The summed E-state index contributed by atoms with van der Waals surface area (Å²) in [4.78, 5) is 24.2. The summed E-state index contributed by atoms with van der Waals surface area (Å²) in [5.41, 5.74) is 0.751. The van der Waals surface area contributed by atoms with Crippen molar-refractivity contribution in [1.82, 2.24) is 9.78 Å². The molecule has 3 rings (SSSR count). The van der Waals surface area contributed by atoms with E-state index in [1.807, 2.05) is 0 Å². The molecule has 1 aromatic heterocycles. The van der Waals surface area contributed by atoms with E-state index in [0.29, 0.717) is 23.3 Å². The number of hydrogen-bond donors (Lipinski definition) is 1. The fraction of sp³-hybridized carbons (Fsp3) is 0.211. The van der Waals surface area contributed by atoms with Crippen LogP contribution in [0.5, 0.6) is 5.75 Å². The van der Waals surface area contributed by atoms with E-state index in [2.05, 4.69) is 26.3 Å². The number of anilines is 1. The normalized spacial score (nSPS) is 10.8. The molecule has 0 atom stereocenters. The van der Waals surface area contributed by atoms with Crippen molar-refractivity contribution < 1.29 is 13.9 Å². The monoisotopic (exact) mass is 433 g/mol. The van der Waals surface area contributed by atoms with Gasteiger partial charge >= 0.3 is 0 Å². The molecule has 0 saturated carbocycles. The first-order valence-corrected chi connectivity index (χ1v) is 9.15. The molecule has 140 valence electrons. The van der Waals surface area contributed by atoms with E-state index < -0.39 is 5.82 Å². The molecule has 0 spiro atoms. The van der Waals surface area contributed by atoms with Gasteiger partial charge < -0.3 is 10.1 Å². The fourth-order valence-corrected chi connectivity index (χ4v) is 2.98. The standard InChI is InChI=1S/C19H17BrFN3O3/c1-2-27-18-9-13(20)14(21)10-15(18)23-19(26)7-8-24-16-6-4-3-5-12(16)17(25)11-22-24/h3-6,9-11H,2,7-8H2,1H3,(H,23,26). The molecule has 0 aliphatic rings. The lowest BCUT2D eigenvalue weighted by molar-refractivity contribution is -0.116. The zero-order chi connectivity index (χ0) is 19.4. The number of halogens is 2. The third-order valence-corrected chi connectivity index (χ3v) is 4.52. The van der Waals surface area contributed by atoms with E-state index in [0.717, 1.165) is 0 Å². The van der Waals surface area contributed by atoms with Gasteiger partial charge in [-0.3, -0.25) is 14.3 Å². The Morgan fingerprint density at radius 1 is 1.33 bits per heavy atom. The fourth-order valence-electron chi connectivity index (χ4n) is 2.66. The largest absolute Gasteiger partial charge is 0.492 e. The first-order chi connectivity index (χ1) is 13.0. The highest BCUT2D eigenvalue weighted by molar-refractivity contribution is 9.10. The number of amides is 1. The summed E-state index contributed by atoms with van der Waals surface area (Å²) in [7, 11) is 0. The summed E-state index contributed by atoms with van der Waals surface area (Å²) >= 11 is 3.10. The lowest BCUT2D eigenvalue weighted by Gasteiger charge is -2.13. The molecule has 8 heteroatoms. The summed E-state index contributed by atoms with van der Waals surface area (Å²) < 4.78 is 21.1. The van der Waals surface area contributed by atoms with Gasteiger partial charge in [-0.05, 0) is 41.1 Å². The molecule has 0 saturated heterocycles. The number of benzene rings is 2. The number of hydrogen-bond acceptors (Lipinski definition) is 4. The highest BCUT2D eigenvalue weighted by atomic mass is 79.9. The Morgan fingerprint density at radius 2 is 2.11 bits per heavy atom. The van der Waals surface area contributed by atoms with Crippen LogP contribution >= 0.6 is 15.9 Å². The average molecular weight is 434 g/mol. The third-order valence-electron chi connectivity index (χ3n) is 3.91. The molecular weight excluding hydrogens is 417 g/mol. The lowest BCUT2D eigenvalue weighted by atomic mass is 10.2. The molecule has 0 radical (unpaired) electrons. The maximum atomic E-state index is 13.8. The molecule has 0 bridgehead atoms. The first kappa shape index (κ1) is 19.0. The molecular formula is C19H17BrFN3O3. The number of carbonyl (C=O) groups excluding carboxylic acids is 1. The van der Waals surface area contributed by atoms with E-state index in [1.54, 1.807) is 35.9 Å². The van der Waals surface area contributed by atoms with Crippen molar-refractivity contribution in [3.05, 3.63) is 63.1 Å². The van der Waals surface area contributed by atoms with Gasteiger partial charge in [0.2, 0.25) is 11.3 Å². The Labute approximate surface area is 163 Å². The molecule has 1 heterocycles. The van der Waals surface area contributed by atoms with Crippen molar-refractivity contribution in [3.63, 3.8) is 0 Å². The third kappa shape index (κ3) is 4.33. The maximum absolute atomic E-state index is 13.8. The van der Waals surface area contributed by atoms with Gasteiger partial charge in [0, 0.05) is 17.9 Å². The van der Waals surface area contributed by atoms with Crippen LogP contribution in [-0.4, -0.2) is 22.3 Å². The molecule has 0 aliphatic heterocycles. The van der Waals surface area contributed by atoms with Gasteiger partial charge in [0.25, 0.3) is 0 Å². The minimum absolute atomic E-state index is 0.100. The Hall–Kier alpha value is -2.74. The SMILES string of the molecule is CCOc1cc(Br)c(F)cc1NC(=O)CCn1ncc(=O)c2ccccc21. The highest BCUT2D eigenvalue weighted by Gasteiger charge is 2.13. The molecule has 3 aromatic rings. The number of rotatable bonds is 6. The molecule has 27 heavy (non-hydrogen) atoms. The number of ether oxygens (including phenoxy) is 1. The second-order valence-electron chi connectivity index (χ2n) is 5.74. The van der Waals surface area contributed by atoms with Crippen molar-refractivity contribution in [2.45, 2.75) is 19.9 Å². The van der Waals surface area contributed by atoms with Gasteiger partial charge in [-0.2, -0.15) is 5.10 Å². The minimum atomic E-state index is -0.498. The number of nitrogens with zero attached hydrogens (tertiary/aromatic N) is 2. The van der Waals surface area contributed by atoms with E-state index in [9.17, 15) is 14.0 Å². The van der Waals surface area contributed by atoms with Crippen LogP contribution in [0.3, 0.4) is 0 Å². The number of fused-ring (bicyclic) bond motifs is 1. The van der Waals surface area contributed by atoms with Crippen LogP contribution in [0.25, 0.3) is 10.9 Å². The number of para-hydroxylation sites is 1. The molecule has 1 N–H and O–H groups in total. The molecule has 0 aliphatic carbocycles. The zero-order valence-electron chi connectivity index (χ0n) is 14.5. The van der Waals surface area contributed by atoms with Crippen LogP contribution in [0.2, 0.25) is 0 Å². The Balaban J connectivity index is 1.75. The van der Waals surface area contributed by atoms with Crippen molar-refractivity contribution >= 4 is 38.4 Å². The second kappa shape index (κ2) is 8.30. The average Bonchev–Trinajstić information content (AvgIpc) is 2.66. The summed E-state index contributed by atoms with van der Waals surface area (Å²) in [6.45, 7) is 2.46. The van der Waals surface area contributed by atoms with Crippen LogP contribution in [0.15, 0.2) is 51.9 Å². The summed E-state index contributed by atoms with van der Waals surface area (Å²) in [5.74, 6) is -0.435. The number of nitrogens with one attached hydrogen (secondary N) is 1. The van der Waals surface area contributed by atoms with E-state index in [1.165, 1.54) is 18.3 Å². The molecule has 0 unspecified atom stereocenters. The van der Waals surface area contributed by atoms with E-state index >= 15 is 0 Å². The van der Waals surface area contributed by atoms with Crippen LogP contribution in [0.4, 0.5) is 10.1 Å². The number of aryl methyl sites for hydroxylation is 1. The molecule has 6 nitrogen and oxygen atoms in total. The summed E-state index contributed by atoms with van der Waals surface area (Å²) in [6.07, 6.45) is 1.33. The Morgan fingerprint density at radius 3 is 2.89 bits per heavy atom. The quantitative estimate of drug-likeness (QED) is 0.642. The Bertz CT molecular complexity index is 1050. The van der Waals surface area contributed by atoms with Gasteiger partial charge in [-0.25, -0.2) is 4.39 Å². The van der Waals surface area contributed by atoms with E-state index in [-0.39, 0.29) is 34.5 Å². The van der Waals surface area contributed by atoms with Gasteiger partial charge in [0.15, 0.2) is 0 Å². The predicted molar refractivity (Wildman–Crippen MR) is 105 cm³/mol. The molecule has 1 amide bonds. The first-order valence-electron chi connectivity index (χ1n) is 8.36. The van der Waals surface area contributed by atoms with Crippen molar-refractivity contribution in [2.75, 3.05) is 11.9 Å². The van der Waals surface area contributed by atoms with Gasteiger partial charge in [0.1, 0.15) is 11.6 Å². The number of carbonyl (C=O) groups is 1. The van der Waals surface area contributed by atoms with Crippen LogP contribution in [0, 0.1) is 5.82 Å². The van der Waals surface area contributed by atoms with Crippen LogP contribution in [0.1, 0.15) is 13.3 Å². The van der Waals surface area contributed by atoms with E-state index in [4.69, 9.17) is 4.74 Å². The summed E-state index contributed by atoms with van der Waals surface area (Å²) in [6, 6.07) is 9.76. The van der Waals surface area contributed by atoms with Crippen molar-refractivity contribution in [2.24, 2.45) is 0 Å². The topological polar surface area (TPSA) is 73.2 Å². The molecule has 2 aromatic carbocycles. The highest BCUT2D eigenvalue weighted by Crippen LogP contribution is 2.31. The summed E-state index contributed by atoms with van der Waals surface area (Å²) in [5, 5.41) is 7.30. The van der Waals surface area contributed by atoms with Gasteiger partial charge in [-0.15, -0.1) is 0 Å². The Kier molecular flexibility index (Phi) is 5.85. The van der Waals surface area contributed by atoms with Gasteiger partial charge in [0.05, 0.1) is 35.0 Å². The lowest BCUT2D eigenvalue weighted by Crippen LogP contribution is -2.18. The molecule has 0 fully saturated rings. The van der Waals surface area contributed by atoms with Crippen molar-refractivity contribution in [3.8, 4) is 5.75 Å². The maximum Gasteiger partial charge on any atom is 0.226 e. The van der Waals surface area contributed by atoms with Gasteiger partial charge in [-0.1, -0.05) is 12.1 Å². The minimum Gasteiger partial charge on any atom is -0.492 e. The zero-order valence-corrected chi connectivity index (χ0v) is 16.1. The predicted octanol–water partition coefficient (Wildman–Crippen LogP) is 3.73. The number of aromatic nitrogens is 2. The smallest absolute Gasteiger partial charge is 0.226 e. The second-order valence-corrected chi connectivity index (χ2v) is 6.60. The van der Waals surface area contributed by atoms with Crippen molar-refractivity contribution in [1.29, 1.82) is 0 Å². The van der Waals surface area contributed by atoms with Crippen LogP contribution in [-0.2, 0) is 11.3 Å². The van der Waals surface area contributed by atoms with Crippen LogP contribution < -0.4 is 15.5 Å².